The van der Waals surface area contributed by atoms with Crippen molar-refractivity contribution in [2.45, 2.75) is 13.5 Å². The van der Waals surface area contributed by atoms with Gasteiger partial charge >= 0.3 is 0 Å². The van der Waals surface area contributed by atoms with E-state index in [-0.39, 0.29) is 23.7 Å². The van der Waals surface area contributed by atoms with Gasteiger partial charge in [0.15, 0.2) is 0 Å². The molecule has 0 aliphatic heterocycles. The van der Waals surface area contributed by atoms with Crippen LogP contribution in [0.3, 0.4) is 0 Å². The van der Waals surface area contributed by atoms with Gasteiger partial charge in [0, 0.05) is 28.4 Å². The van der Waals surface area contributed by atoms with Gasteiger partial charge in [0.05, 0.1) is 17.4 Å². The summed E-state index contributed by atoms with van der Waals surface area (Å²) in [6.45, 7) is 0.997. The summed E-state index contributed by atoms with van der Waals surface area (Å²) in [5.74, 6) is -1.57. The summed E-state index contributed by atoms with van der Waals surface area (Å²) in [5, 5.41) is 9.21. The number of benzene rings is 1. The van der Waals surface area contributed by atoms with E-state index in [9.17, 15) is 18.8 Å². The van der Waals surface area contributed by atoms with Crippen molar-refractivity contribution in [3.05, 3.63) is 63.6 Å². The summed E-state index contributed by atoms with van der Waals surface area (Å²) in [5.41, 5.74) is 0.694. The molecule has 7 nitrogen and oxygen atoms in total. The number of hydrogen-bond donors (Lipinski definition) is 2. The molecule has 0 atom stereocenters. The molecule has 1 aromatic carbocycles. The minimum atomic E-state index is -0.656. The molecule has 0 radical (unpaired) electrons. The number of hydrogen-bond acceptors (Lipinski definition) is 6. The Morgan fingerprint density at radius 3 is 2.77 bits per heavy atom. The molecule has 0 fully saturated rings. The van der Waals surface area contributed by atoms with Gasteiger partial charge < -0.3 is 10.6 Å². The maximum absolute atomic E-state index is 14.1. The first-order valence-electron chi connectivity index (χ1n) is 8.80. The third-order valence-corrected chi connectivity index (χ3v) is 6.01. The summed E-state index contributed by atoms with van der Waals surface area (Å²) in [7, 11) is 0. The molecule has 4 aromatic rings. The van der Waals surface area contributed by atoms with Crippen LogP contribution in [-0.2, 0) is 16.1 Å². The van der Waals surface area contributed by atoms with E-state index < -0.39 is 11.7 Å². The highest BCUT2D eigenvalue weighted by atomic mass is 32.1. The number of rotatable bonds is 5. The average Bonchev–Trinajstić information content (AvgIpc) is 3.36. The fourth-order valence-electron chi connectivity index (χ4n) is 2.94. The lowest BCUT2D eigenvalue weighted by atomic mass is 10.2. The minimum Gasteiger partial charge on any atom is -0.326 e. The molecular formula is C20H15FN4O3S2. The van der Waals surface area contributed by atoms with E-state index in [0.29, 0.717) is 15.9 Å². The SMILES string of the molecule is CC(=O)Nc1ccc(F)c(NC(=O)Cn2cnc3scc(-c4cccs4)c3c2=O)c1. The zero-order valence-corrected chi connectivity index (χ0v) is 17.3. The number of carbonyl (C=O) groups is 2. The van der Waals surface area contributed by atoms with Gasteiger partial charge in [0.2, 0.25) is 11.8 Å². The maximum atomic E-state index is 14.1. The molecule has 3 aromatic heterocycles. The molecule has 0 spiro atoms. The van der Waals surface area contributed by atoms with Crippen molar-refractivity contribution < 1.29 is 14.0 Å². The van der Waals surface area contributed by atoms with Crippen molar-refractivity contribution in [1.82, 2.24) is 9.55 Å². The number of carbonyl (C=O) groups excluding carboxylic acids is 2. The van der Waals surface area contributed by atoms with Crippen LogP contribution in [0.4, 0.5) is 15.8 Å². The molecule has 4 rings (SSSR count). The number of anilines is 2. The lowest BCUT2D eigenvalue weighted by Crippen LogP contribution is -2.28. The Kier molecular flexibility index (Phi) is 5.42. The Bertz CT molecular complexity index is 1310. The molecule has 0 aliphatic rings. The second-order valence-electron chi connectivity index (χ2n) is 6.41. The molecule has 0 aliphatic carbocycles. The number of thiophene rings is 2. The van der Waals surface area contributed by atoms with Crippen molar-refractivity contribution in [2.24, 2.45) is 0 Å². The van der Waals surface area contributed by atoms with E-state index in [0.717, 1.165) is 16.5 Å². The highest BCUT2D eigenvalue weighted by molar-refractivity contribution is 7.18. The largest absolute Gasteiger partial charge is 0.326 e. The Balaban J connectivity index is 1.60. The van der Waals surface area contributed by atoms with Crippen LogP contribution in [0, 0.1) is 5.82 Å². The quantitative estimate of drug-likeness (QED) is 0.490. The first-order valence-corrected chi connectivity index (χ1v) is 10.6. The molecule has 30 heavy (non-hydrogen) atoms. The minimum absolute atomic E-state index is 0.0943. The van der Waals surface area contributed by atoms with Crippen molar-refractivity contribution in [1.29, 1.82) is 0 Å². The number of fused-ring (bicyclic) bond motifs is 1. The Morgan fingerprint density at radius 2 is 2.03 bits per heavy atom. The standard InChI is InChI=1S/C20H15FN4O3S2/c1-11(26)23-12-4-5-14(21)15(7-12)24-17(27)8-25-10-22-19-18(20(25)28)13(9-30-19)16-3-2-6-29-16/h2-7,9-10H,8H2,1H3,(H,23,26)(H,24,27). The molecule has 2 amide bonds. The van der Waals surface area contributed by atoms with Gasteiger partial charge in [-0.05, 0) is 29.6 Å². The molecule has 2 N–H and O–H groups in total. The van der Waals surface area contributed by atoms with Gasteiger partial charge in [-0.3, -0.25) is 19.0 Å². The molecule has 0 bridgehead atoms. The van der Waals surface area contributed by atoms with E-state index in [1.165, 1.54) is 52.6 Å². The summed E-state index contributed by atoms with van der Waals surface area (Å²) in [6, 6.07) is 7.65. The van der Waals surface area contributed by atoms with Gasteiger partial charge in [0.1, 0.15) is 17.2 Å². The summed E-state index contributed by atoms with van der Waals surface area (Å²) >= 11 is 2.88. The lowest BCUT2D eigenvalue weighted by Gasteiger charge is -2.10. The second-order valence-corrected chi connectivity index (χ2v) is 8.21. The van der Waals surface area contributed by atoms with Crippen LogP contribution < -0.4 is 16.2 Å². The van der Waals surface area contributed by atoms with Gasteiger partial charge in [-0.1, -0.05) is 6.07 Å². The van der Waals surface area contributed by atoms with Crippen LogP contribution in [0.1, 0.15) is 6.92 Å². The highest BCUT2D eigenvalue weighted by Crippen LogP contribution is 2.33. The van der Waals surface area contributed by atoms with Crippen LogP contribution in [0.5, 0.6) is 0 Å². The van der Waals surface area contributed by atoms with Gasteiger partial charge in [-0.25, -0.2) is 9.37 Å². The van der Waals surface area contributed by atoms with E-state index in [1.54, 1.807) is 0 Å². The molecule has 3 heterocycles. The van der Waals surface area contributed by atoms with E-state index >= 15 is 0 Å². The smallest absolute Gasteiger partial charge is 0.263 e. The first-order chi connectivity index (χ1) is 14.4. The number of halogens is 1. The molecule has 152 valence electrons. The number of nitrogens with zero attached hydrogens (tertiary/aromatic N) is 2. The second kappa shape index (κ2) is 8.17. The molecule has 0 saturated heterocycles. The Hall–Kier alpha value is -3.37. The first kappa shape index (κ1) is 19.9. The van der Waals surface area contributed by atoms with Crippen molar-refractivity contribution >= 4 is 56.1 Å². The Morgan fingerprint density at radius 1 is 1.20 bits per heavy atom. The number of aromatic nitrogens is 2. The maximum Gasteiger partial charge on any atom is 0.263 e. The van der Waals surface area contributed by atoms with Gasteiger partial charge in [-0.2, -0.15) is 0 Å². The van der Waals surface area contributed by atoms with Crippen molar-refractivity contribution in [3.8, 4) is 10.4 Å². The monoisotopic (exact) mass is 442 g/mol. The summed E-state index contributed by atoms with van der Waals surface area (Å²) < 4.78 is 15.2. The van der Waals surface area contributed by atoms with Crippen LogP contribution in [0.25, 0.3) is 20.7 Å². The van der Waals surface area contributed by atoms with E-state index in [1.807, 2.05) is 22.9 Å². The zero-order valence-electron chi connectivity index (χ0n) is 15.6. The summed E-state index contributed by atoms with van der Waals surface area (Å²) in [6.07, 6.45) is 1.31. The van der Waals surface area contributed by atoms with Crippen LogP contribution in [0.15, 0.2) is 52.2 Å². The van der Waals surface area contributed by atoms with Crippen molar-refractivity contribution in [2.75, 3.05) is 10.6 Å². The van der Waals surface area contributed by atoms with Gasteiger partial charge in [0.25, 0.3) is 5.56 Å². The number of nitrogens with one attached hydrogen (secondary N) is 2. The highest BCUT2D eigenvalue weighted by Gasteiger charge is 2.16. The topological polar surface area (TPSA) is 93.1 Å². The molecule has 0 unspecified atom stereocenters. The third-order valence-electron chi connectivity index (χ3n) is 4.22. The normalized spacial score (nSPS) is 10.9. The van der Waals surface area contributed by atoms with E-state index in [4.69, 9.17) is 0 Å². The number of amides is 2. The summed E-state index contributed by atoms with van der Waals surface area (Å²) in [4.78, 5) is 42.4. The lowest BCUT2D eigenvalue weighted by molar-refractivity contribution is -0.117. The predicted octanol–water partition coefficient (Wildman–Crippen LogP) is 3.92. The molecular weight excluding hydrogens is 427 g/mol. The van der Waals surface area contributed by atoms with Crippen LogP contribution >= 0.6 is 22.7 Å². The predicted molar refractivity (Wildman–Crippen MR) is 117 cm³/mol. The van der Waals surface area contributed by atoms with Crippen molar-refractivity contribution in [3.63, 3.8) is 0 Å². The molecule has 0 saturated carbocycles. The fourth-order valence-corrected chi connectivity index (χ4v) is 4.66. The zero-order chi connectivity index (χ0) is 21.3. The van der Waals surface area contributed by atoms with Gasteiger partial charge in [-0.15, -0.1) is 22.7 Å². The third kappa shape index (κ3) is 4.00. The van der Waals surface area contributed by atoms with Crippen LogP contribution in [-0.4, -0.2) is 21.4 Å². The van der Waals surface area contributed by atoms with Crippen LogP contribution in [0.2, 0.25) is 0 Å². The Labute approximate surface area is 177 Å². The average molecular weight is 442 g/mol. The molecule has 10 heteroatoms. The van der Waals surface area contributed by atoms with E-state index in [2.05, 4.69) is 15.6 Å². The fraction of sp³-hybridized carbons (Fsp3) is 0.100.